The van der Waals surface area contributed by atoms with E-state index in [0.717, 1.165) is 27.7 Å². The van der Waals surface area contributed by atoms with Crippen molar-refractivity contribution in [2.24, 2.45) is 0 Å². The molecule has 0 aliphatic rings. The summed E-state index contributed by atoms with van der Waals surface area (Å²) >= 11 is 0. The fourth-order valence-electron chi connectivity index (χ4n) is 5.88. The first-order valence-electron chi connectivity index (χ1n) is 14.9. The molecule has 3 nitrogen and oxygen atoms in total. The molecule has 0 bridgehead atoms. The summed E-state index contributed by atoms with van der Waals surface area (Å²) in [5.74, 6) is 0.874. The summed E-state index contributed by atoms with van der Waals surface area (Å²) in [6, 6.07) is 13.1. The van der Waals surface area contributed by atoms with Gasteiger partial charge in [-0.05, 0) is 78.2 Å². The number of para-hydroxylation sites is 1. The van der Waals surface area contributed by atoms with Gasteiger partial charge in [0.1, 0.15) is 16.9 Å². The van der Waals surface area contributed by atoms with Crippen LogP contribution >= 0.6 is 16.2 Å². The molecule has 0 unspecified atom stereocenters. The van der Waals surface area contributed by atoms with Gasteiger partial charge in [0.2, 0.25) is 0 Å². The van der Waals surface area contributed by atoms with Gasteiger partial charge in [0.15, 0.2) is 0 Å². The molecule has 0 fully saturated rings. The lowest BCUT2D eigenvalue weighted by Crippen LogP contribution is -2.16. The van der Waals surface area contributed by atoms with Crippen LogP contribution in [0.2, 0.25) is 0 Å². The van der Waals surface area contributed by atoms with Gasteiger partial charge in [0.05, 0.1) is 0 Å². The standard InChI is InChI=1S/C36H50O3P2/c1-21(2)40(22(3)4)30-18-16-15-17-29(30)37-41-38-33-27(35(9,10)11)19-23(5)25(7)31(33)32-26(8)24(6)20-28(34(32)39-41)36(12,13)14/h15-22H,1-14H3. The minimum atomic E-state index is -1.79. The van der Waals surface area contributed by atoms with E-state index in [1.54, 1.807) is 0 Å². The Labute approximate surface area is 250 Å². The summed E-state index contributed by atoms with van der Waals surface area (Å²) in [5.41, 5.74) is 9.96. The third-order valence-corrected chi connectivity index (χ3v) is 12.4. The molecule has 0 spiro atoms. The SMILES string of the molecule is Cc1cc(C(C)(C)C)c2op(Oc3ccccc3P(C(C)C)C(C)C)oc3c(C(C)(C)C)cc(C)c(C)c3c2c1C. The normalized spacial score (nSPS) is 12.8. The maximum absolute atomic E-state index is 6.98. The van der Waals surface area contributed by atoms with Crippen molar-refractivity contribution in [1.82, 2.24) is 0 Å². The lowest BCUT2D eigenvalue weighted by molar-refractivity contribution is 0.490. The molecule has 1 heterocycles. The zero-order valence-electron chi connectivity index (χ0n) is 27.7. The third kappa shape index (κ3) is 6.14. The number of hydrogen-bond donors (Lipinski definition) is 0. The van der Waals surface area contributed by atoms with Gasteiger partial charge in [-0.3, -0.25) is 0 Å². The average molecular weight is 593 g/mol. The minimum Gasteiger partial charge on any atom is -0.390 e. The lowest BCUT2D eigenvalue weighted by Gasteiger charge is -2.27. The Morgan fingerprint density at radius 2 is 1.10 bits per heavy atom. The summed E-state index contributed by atoms with van der Waals surface area (Å²) in [5, 5.41) is 3.56. The van der Waals surface area contributed by atoms with Gasteiger partial charge in [0.25, 0.3) is 0 Å². The van der Waals surface area contributed by atoms with Crippen LogP contribution in [0.3, 0.4) is 0 Å². The van der Waals surface area contributed by atoms with Gasteiger partial charge < -0.3 is 12.9 Å². The molecule has 4 rings (SSSR count). The number of rotatable bonds is 5. The second kappa shape index (κ2) is 11.5. The van der Waals surface area contributed by atoms with Crippen LogP contribution < -0.4 is 9.83 Å². The lowest BCUT2D eigenvalue weighted by atomic mass is 9.81. The van der Waals surface area contributed by atoms with Crippen molar-refractivity contribution in [3.63, 3.8) is 0 Å². The van der Waals surface area contributed by atoms with Crippen LogP contribution in [-0.4, -0.2) is 11.3 Å². The Hall–Kier alpha value is -2.21. The Balaban J connectivity index is 2.22. The molecular weight excluding hydrogens is 542 g/mol. The first-order chi connectivity index (χ1) is 18.9. The van der Waals surface area contributed by atoms with Crippen molar-refractivity contribution < 1.29 is 12.9 Å². The summed E-state index contributed by atoms with van der Waals surface area (Å²) < 4.78 is 20.8. The third-order valence-electron chi connectivity index (χ3n) is 8.22. The first-order valence-corrected chi connectivity index (χ1v) is 17.5. The van der Waals surface area contributed by atoms with Gasteiger partial charge in [-0.1, -0.05) is 107 Å². The van der Waals surface area contributed by atoms with E-state index in [1.807, 2.05) is 0 Å². The maximum Gasteiger partial charge on any atom is 0.453 e. The molecule has 0 saturated carbocycles. The molecule has 41 heavy (non-hydrogen) atoms. The van der Waals surface area contributed by atoms with Crippen LogP contribution in [0, 0.1) is 27.7 Å². The van der Waals surface area contributed by atoms with E-state index in [-0.39, 0.29) is 10.8 Å². The van der Waals surface area contributed by atoms with Crippen LogP contribution in [0.15, 0.2) is 44.8 Å². The van der Waals surface area contributed by atoms with E-state index in [0.29, 0.717) is 11.3 Å². The zero-order valence-corrected chi connectivity index (χ0v) is 29.5. The fourth-order valence-corrected chi connectivity index (χ4v) is 10.00. The smallest absolute Gasteiger partial charge is 0.390 e. The summed E-state index contributed by atoms with van der Waals surface area (Å²) in [4.78, 5) is 0. The molecule has 0 atom stereocenters. The topological polar surface area (TPSA) is 35.5 Å². The molecule has 0 radical (unpaired) electrons. The number of fused-ring (bicyclic) bond motifs is 3. The Kier molecular flexibility index (Phi) is 8.87. The molecule has 3 aromatic carbocycles. The molecule has 0 aliphatic carbocycles. The van der Waals surface area contributed by atoms with Gasteiger partial charge in [0, 0.05) is 27.2 Å². The second-order valence-corrected chi connectivity index (χ2v) is 18.6. The fraction of sp³-hybridized carbons (Fsp3) is 0.500. The van der Waals surface area contributed by atoms with Crippen LogP contribution in [0.5, 0.6) is 5.75 Å². The predicted molar refractivity (Wildman–Crippen MR) is 182 cm³/mol. The van der Waals surface area contributed by atoms with Crippen molar-refractivity contribution in [3.8, 4) is 5.75 Å². The van der Waals surface area contributed by atoms with E-state index in [2.05, 4.69) is 133 Å². The van der Waals surface area contributed by atoms with Crippen LogP contribution in [0.25, 0.3) is 21.9 Å². The van der Waals surface area contributed by atoms with Crippen LogP contribution in [0.4, 0.5) is 0 Å². The highest BCUT2D eigenvalue weighted by molar-refractivity contribution is 7.67. The van der Waals surface area contributed by atoms with Gasteiger partial charge >= 0.3 is 8.24 Å². The summed E-state index contributed by atoms with van der Waals surface area (Å²) in [7, 11) is -2.22. The van der Waals surface area contributed by atoms with E-state index < -0.39 is 16.2 Å². The quantitative estimate of drug-likeness (QED) is 0.216. The summed E-state index contributed by atoms with van der Waals surface area (Å²) in [6.45, 7) is 31.7. The highest BCUT2D eigenvalue weighted by Gasteiger charge is 2.28. The van der Waals surface area contributed by atoms with Gasteiger partial charge in [-0.15, -0.1) is 0 Å². The molecular formula is C36H50O3P2. The van der Waals surface area contributed by atoms with E-state index >= 15 is 0 Å². The van der Waals surface area contributed by atoms with Gasteiger partial charge in [-0.2, -0.15) is 0 Å². The summed E-state index contributed by atoms with van der Waals surface area (Å²) in [6.07, 6.45) is 0. The molecule has 1 aromatic heterocycles. The largest absolute Gasteiger partial charge is 0.453 e. The second-order valence-electron chi connectivity index (χ2n) is 14.2. The highest BCUT2D eigenvalue weighted by Crippen LogP contribution is 2.50. The molecule has 0 saturated heterocycles. The maximum atomic E-state index is 6.98. The van der Waals surface area contributed by atoms with Crippen molar-refractivity contribution in [1.29, 1.82) is 0 Å². The van der Waals surface area contributed by atoms with E-state index in [9.17, 15) is 0 Å². The Bertz CT molecular complexity index is 1530. The molecule has 0 amide bonds. The Morgan fingerprint density at radius 1 is 0.683 bits per heavy atom. The number of hydrogen-bond acceptors (Lipinski definition) is 3. The van der Waals surface area contributed by atoms with Crippen molar-refractivity contribution in [2.45, 2.75) is 119 Å². The van der Waals surface area contributed by atoms with E-state index in [4.69, 9.17) is 12.9 Å². The van der Waals surface area contributed by atoms with Gasteiger partial charge in [-0.25, -0.2) is 0 Å². The highest BCUT2D eigenvalue weighted by atomic mass is 31.1. The molecule has 4 aromatic rings. The average Bonchev–Trinajstić information content (AvgIpc) is 3.00. The molecule has 222 valence electrons. The van der Waals surface area contributed by atoms with Crippen molar-refractivity contribution in [2.75, 3.05) is 0 Å². The van der Waals surface area contributed by atoms with Crippen molar-refractivity contribution in [3.05, 3.63) is 69.8 Å². The first kappa shape index (κ1) is 31.7. The van der Waals surface area contributed by atoms with Crippen molar-refractivity contribution >= 4 is 43.4 Å². The predicted octanol–water partition coefficient (Wildman–Crippen LogP) is 11.9. The Morgan fingerprint density at radius 3 is 1.49 bits per heavy atom. The molecule has 5 heteroatoms. The van der Waals surface area contributed by atoms with E-state index in [1.165, 1.54) is 38.7 Å². The number of aryl methyl sites for hydroxylation is 4. The molecule has 0 N–H and O–H groups in total. The van der Waals surface area contributed by atoms with Crippen LogP contribution in [0.1, 0.15) is 103 Å². The minimum absolute atomic E-state index is 0.125. The number of benzene rings is 3. The molecule has 0 aliphatic heterocycles. The zero-order chi connectivity index (χ0) is 30.6. The van der Waals surface area contributed by atoms with Crippen LogP contribution in [-0.2, 0) is 10.8 Å². The monoisotopic (exact) mass is 592 g/mol.